The first kappa shape index (κ1) is 37.5. The molecule has 4 rings (SSSR count). The molecule has 0 saturated heterocycles. The number of nitrogens with one attached hydrogen (secondary N) is 1. The van der Waals surface area contributed by atoms with E-state index in [2.05, 4.69) is 20.3 Å². The van der Waals surface area contributed by atoms with E-state index in [-0.39, 0.29) is 67.4 Å². The third-order valence-corrected chi connectivity index (χ3v) is 7.60. The first-order valence-corrected chi connectivity index (χ1v) is 15.3. The van der Waals surface area contributed by atoms with Crippen molar-refractivity contribution < 1.29 is 55.2 Å². The highest BCUT2D eigenvalue weighted by Crippen LogP contribution is 2.41. The van der Waals surface area contributed by atoms with Gasteiger partial charge in [-0.05, 0) is 49.1 Å². The van der Waals surface area contributed by atoms with Gasteiger partial charge in [0.1, 0.15) is 6.61 Å². The second-order valence-corrected chi connectivity index (χ2v) is 11.1. The van der Waals surface area contributed by atoms with Crippen LogP contribution in [0.3, 0.4) is 0 Å². The fourth-order valence-electron chi connectivity index (χ4n) is 5.25. The van der Waals surface area contributed by atoms with E-state index in [1.807, 2.05) is 13.0 Å². The molecule has 1 aliphatic heterocycles. The number of fused-ring (bicyclic) bond motifs is 1. The summed E-state index contributed by atoms with van der Waals surface area (Å²) in [6, 6.07) is 5.11. The van der Waals surface area contributed by atoms with Gasteiger partial charge < -0.3 is 24.6 Å². The molecule has 1 aliphatic rings. The number of ether oxygens (including phenoxy) is 3. The lowest BCUT2D eigenvalue weighted by molar-refractivity contribution is -0.143. The number of rotatable bonds is 13. The number of hydrogen-bond donors (Lipinski definition) is 2. The number of unbranched alkanes of at least 4 members (excludes halogenated alkanes) is 1. The van der Waals surface area contributed by atoms with E-state index < -0.39 is 60.5 Å². The van der Waals surface area contributed by atoms with Crippen molar-refractivity contribution in [3.05, 3.63) is 64.6 Å². The van der Waals surface area contributed by atoms with Crippen LogP contribution in [0.4, 0.5) is 42.8 Å². The van der Waals surface area contributed by atoms with Crippen LogP contribution in [-0.2, 0) is 28.3 Å². The van der Waals surface area contributed by atoms with Gasteiger partial charge in [-0.25, -0.2) is 19.7 Å². The van der Waals surface area contributed by atoms with Crippen LogP contribution in [-0.4, -0.2) is 58.5 Å². The van der Waals surface area contributed by atoms with Gasteiger partial charge in [0.25, 0.3) is 0 Å². The third-order valence-electron chi connectivity index (χ3n) is 7.60. The molecule has 0 unspecified atom stereocenters. The van der Waals surface area contributed by atoms with Crippen molar-refractivity contribution in [2.24, 2.45) is 0 Å². The molecule has 50 heavy (non-hydrogen) atoms. The number of benzene rings is 1. The summed E-state index contributed by atoms with van der Waals surface area (Å²) < 4.78 is 97.8. The van der Waals surface area contributed by atoms with Crippen molar-refractivity contribution >= 4 is 23.7 Å². The van der Waals surface area contributed by atoms with Crippen molar-refractivity contribution in [1.82, 2.24) is 15.0 Å². The van der Waals surface area contributed by atoms with Crippen molar-refractivity contribution in [3.63, 3.8) is 0 Å². The van der Waals surface area contributed by atoms with Crippen LogP contribution >= 0.6 is 0 Å². The van der Waals surface area contributed by atoms with Crippen LogP contribution in [0.2, 0.25) is 0 Å². The molecule has 3 aromatic rings. The molecule has 0 bridgehead atoms. The van der Waals surface area contributed by atoms with Gasteiger partial charge in [0, 0.05) is 24.9 Å². The van der Waals surface area contributed by atoms with Crippen LogP contribution in [0.5, 0.6) is 11.6 Å². The Labute approximate surface area is 282 Å². The largest absolute Gasteiger partial charge is 0.490 e. The number of nitrogens with zero attached hydrogens (tertiary/aromatic N) is 5. The first-order chi connectivity index (χ1) is 23.6. The quantitative estimate of drug-likeness (QED) is 0.140. The van der Waals surface area contributed by atoms with Gasteiger partial charge in [-0.1, -0.05) is 6.92 Å². The number of anilines is 2. The van der Waals surface area contributed by atoms with Crippen LogP contribution < -0.4 is 19.7 Å². The molecule has 268 valence electrons. The first-order valence-electron chi connectivity index (χ1n) is 15.3. The number of carboxylic acids is 1. The molecule has 0 spiro atoms. The fourth-order valence-corrected chi connectivity index (χ4v) is 5.25. The number of hydrogen-bond acceptors (Lipinski definition) is 10. The zero-order valence-corrected chi connectivity index (χ0v) is 26.8. The van der Waals surface area contributed by atoms with Gasteiger partial charge in [0.15, 0.2) is 5.75 Å². The maximum Gasteiger partial charge on any atom is 0.416 e. The molecule has 18 heteroatoms. The van der Waals surface area contributed by atoms with Crippen LogP contribution in [0.25, 0.3) is 0 Å². The zero-order chi connectivity index (χ0) is 36.6. The summed E-state index contributed by atoms with van der Waals surface area (Å²) in [4.78, 5) is 38.6. The maximum atomic E-state index is 13.6. The molecular formula is C32H32F6N6O6. The van der Waals surface area contributed by atoms with Crippen LogP contribution in [0, 0.1) is 11.3 Å². The summed E-state index contributed by atoms with van der Waals surface area (Å²) in [5, 5.41) is 20.9. The number of carbonyl (C=O) groups excluding carboxylic acids is 1. The smallest absolute Gasteiger partial charge is 0.416 e. The number of amides is 1. The molecule has 1 aromatic carbocycles. The summed E-state index contributed by atoms with van der Waals surface area (Å²) in [5.74, 6) is -1.03. The van der Waals surface area contributed by atoms with Gasteiger partial charge in [0.2, 0.25) is 11.8 Å². The highest BCUT2D eigenvalue weighted by molar-refractivity contribution is 5.90. The molecule has 2 N–H and O–H groups in total. The lowest BCUT2D eigenvalue weighted by Crippen LogP contribution is -2.46. The second-order valence-electron chi connectivity index (χ2n) is 11.1. The third kappa shape index (κ3) is 9.42. The lowest BCUT2D eigenvalue weighted by Gasteiger charge is -2.39. The minimum atomic E-state index is -5.06. The SMILES string of the molecule is CC[C@@H]1C[C@H](Nc2ncc(OCCCC#N)c(Cc3cc(C(F)(F)F)cc(C(F)(F)F)c3)n2)c2nc(OC)ccc2N1C(=O)OCCC(=O)O. The molecule has 1 amide bonds. The van der Waals surface area contributed by atoms with E-state index in [4.69, 9.17) is 24.6 Å². The van der Waals surface area contributed by atoms with Gasteiger partial charge in [-0.2, -0.15) is 31.6 Å². The molecule has 0 saturated carbocycles. The number of aromatic nitrogens is 3. The second kappa shape index (κ2) is 15.9. The Morgan fingerprint density at radius 2 is 1.78 bits per heavy atom. The predicted octanol–water partition coefficient (Wildman–Crippen LogP) is 6.94. The maximum absolute atomic E-state index is 13.6. The molecule has 0 aliphatic carbocycles. The highest BCUT2D eigenvalue weighted by atomic mass is 19.4. The minimum Gasteiger partial charge on any atom is -0.490 e. The van der Waals surface area contributed by atoms with Gasteiger partial charge >= 0.3 is 24.4 Å². The monoisotopic (exact) mass is 710 g/mol. The Morgan fingerprint density at radius 1 is 1.08 bits per heavy atom. The number of methoxy groups -OCH3 is 1. The number of carbonyl (C=O) groups is 2. The minimum absolute atomic E-state index is 0.00335. The van der Waals surface area contributed by atoms with E-state index in [0.717, 1.165) is 0 Å². The predicted molar refractivity (Wildman–Crippen MR) is 164 cm³/mol. The zero-order valence-electron chi connectivity index (χ0n) is 26.8. The summed E-state index contributed by atoms with van der Waals surface area (Å²) in [5.41, 5.74) is -2.71. The number of carboxylic acid groups (broad SMARTS) is 1. The van der Waals surface area contributed by atoms with Crippen molar-refractivity contribution in [3.8, 4) is 17.7 Å². The van der Waals surface area contributed by atoms with E-state index in [0.29, 0.717) is 29.9 Å². The number of halogens is 6. The van der Waals surface area contributed by atoms with Crippen LogP contribution in [0.15, 0.2) is 36.5 Å². The van der Waals surface area contributed by atoms with E-state index in [1.165, 1.54) is 24.3 Å². The Hall–Kier alpha value is -5.34. The molecule has 0 radical (unpaired) electrons. The van der Waals surface area contributed by atoms with Crippen molar-refractivity contribution in [2.75, 3.05) is 30.5 Å². The summed E-state index contributed by atoms with van der Waals surface area (Å²) >= 11 is 0. The van der Waals surface area contributed by atoms with Crippen molar-refractivity contribution in [1.29, 1.82) is 5.26 Å². The Morgan fingerprint density at radius 3 is 2.38 bits per heavy atom. The van der Waals surface area contributed by atoms with Gasteiger partial charge in [-0.3, -0.25) is 9.69 Å². The standard InChI is InChI=1S/C32H32F6N6O6/c1-3-21-16-23(28-24(6-7-26(43-28)48-2)44(21)30(47)50-11-8-27(45)46)42-29-40-17-25(49-10-5-4-9-39)22(41-29)14-18-12-19(31(33,34)35)15-20(13-18)32(36,37)38/h6-7,12-13,15,17,21,23H,3-5,8,10-11,14,16H2,1-2H3,(H,45,46)(H,40,41,42)/t21-,23+/m1/s1. The van der Waals surface area contributed by atoms with Crippen LogP contribution in [0.1, 0.15) is 73.1 Å². The van der Waals surface area contributed by atoms with Gasteiger partial charge in [0.05, 0.1) is 66.6 Å². The molecule has 12 nitrogen and oxygen atoms in total. The van der Waals surface area contributed by atoms with Gasteiger partial charge in [-0.15, -0.1) is 0 Å². The van der Waals surface area contributed by atoms with E-state index >= 15 is 0 Å². The Bertz CT molecular complexity index is 1700. The number of alkyl halides is 6. The topological polar surface area (TPSA) is 160 Å². The average molecular weight is 711 g/mol. The summed E-state index contributed by atoms with van der Waals surface area (Å²) in [6.45, 7) is 1.46. The number of aliphatic carboxylic acids is 1. The van der Waals surface area contributed by atoms with E-state index in [1.54, 1.807) is 6.07 Å². The molecule has 2 aromatic heterocycles. The fraction of sp³-hybridized carbons (Fsp3) is 0.438. The molecule has 0 fully saturated rings. The highest BCUT2D eigenvalue weighted by Gasteiger charge is 2.39. The molecular weight excluding hydrogens is 678 g/mol. The Balaban J connectivity index is 1.72. The van der Waals surface area contributed by atoms with Crippen molar-refractivity contribution in [2.45, 2.75) is 69.9 Å². The summed E-state index contributed by atoms with van der Waals surface area (Å²) in [7, 11) is 1.38. The number of nitriles is 1. The number of pyridine rings is 1. The summed E-state index contributed by atoms with van der Waals surface area (Å²) in [6.07, 6.45) is -9.51. The van der Waals surface area contributed by atoms with E-state index in [9.17, 15) is 35.9 Å². The average Bonchev–Trinajstić information content (AvgIpc) is 3.05. The molecule has 2 atom stereocenters. The Kier molecular flexibility index (Phi) is 11.9. The molecule has 3 heterocycles. The normalized spacial score (nSPS) is 15.9. The lowest BCUT2D eigenvalue weighted by atomic mass is 9.93.